The molecule has 1 atom stereocenters. The van der Waals surface area contributed by atoms with Gasteiger partial charge in [0.15, 0.2) is 0 Å². The molecule has 1 saturated heterocycles. The molecular weight excluding hydrogens is 332 g/mol. The Balaban J connectivity index is 1.45. The number of aryl methyl sites for hydroxylation is 2. The lowest BCUT2D eigenvalue weighted by molar-refractivity contribution is -0.125. The molecule has 2 aromatic heterocycles. The molecule has 3 aliphatic rings. The van der Waals surface area contributed by atoms with E-state index in [0.717, 1.165) is 55.8 Å². The molecular formula is C19H24N4OS. The fourth-order valence-corrected chi connectivity index (χ4v) is 5.47. The molecule has 3 heterocycles. The van der Waals surface area contributed by atoms with Gasteiger partial charge in [-0.2, -0.15) is 0 Å². The van der Waals surface area contributed by atoms with Gasteiger partial charge in [-0.25, -0.2) is 9.97 Å². The minimum absolute atomic E-state index is 0.0915. The van der Waals surface area contributed by atoms with Crippen LogP contribution in [0.25, 0.3) is 10.2 Å². The van der Waals surface area contributed by atoms with Crippen LogP contribution in [0.5, 0.6) is 0 Å². The van der Waals surface area contributed by atoms with Crippen LogP contribution in [0, 0.1) is 5.92 Å². The Kier molecular flexibility index (Phi) is 3.88. The molecule has 1 saturated carbocycles. The van der Waals surface area contributed by atoms with Gasteiger partial charge in [-0.3, -0.25) is 4.79 Å². The third-order valence-corrected chi connectivity index (χ3v) is 6.95. The maximum absolute atomic E-state index is 12.5. The summed E-state index contributed by atoms with van der Waals surface area (Å²) in [7, 11) is 0. The van der Waals surface area contributed by atoms with Crippen LogP contribution in [-0.2, 0) is 17.6 Å². The molecule has 0 unspecified atom stereocenters. The van der Waals surface area contributed by atoms with E-state index < -0.39 is 0 Å². The van der Waals surface area contributed by atoms with Gasteiger partial charge in [0.25, 0.3) is 0 Å². The quantitative estimate of drug-likeness (QED) is 0.918. The monoisotopic (exact) mass is 356 g/mol. The molecule has 5 nitrogen and oxygen atoms in total. The number of aromatic nitrogens is 2. The Morgan fingerprint density at radius 1 is 1.16 bits per heavy atom. The first-order valence-corrected chi connectivity index (χ1v) is 10.4. The highest BCUT2D eigenvalue weighted by molar-refractivity contribution is 7.19. The van der Waals surface area contributed by atoms with E-state index in [-0.39, 0.29) is 11.8 Å². The van der Waals surface area contributed by atoms with E-state index in [4.69, 9.17) is 0 Å². The number of nitrogens with one attached hydrogen (secondary N) is 1. The van der Waals surface area contributed by atoms with Crippen molar-refractivity contribution in [2.75, 3.05) is 18.0 Å². The molecule has 1 N–H and O–H groups in total. The number of nitrogens with zero attached hydrogens (tertiary/aromatic N) is 3. The van der Waals surface area contributed by atoms with Crippen molar-refractivity contribution in [2.24, 2.45) is 5.92 Å². The van der Waals surface area contributed by atoms with Crippen molar-refractivity contribution in [2.45, 2.75) is 57.4 Å². The highest BCUT2D eigenvalue weighted by Crippen LogP contribution is 2.40. The van der Waals surface area contributed by atoms with Crippen LogP contribution in [0.3, 0.4) is 0 Å². The van der Waals surface area contributed by atoms with Crippen molar-refractivity contribution in [3.05, 3.63) is 16.8 Å². The van der Waals surface area contributed by atoms with Gasteiger partial charge in [0, 0.05) is 24.0 Å². The van der Waals surface area contributed by atoms with Gasteiger partial charge in [-0.15, -0.1) is 11.3 Å². The molecule has 5 rings (SSSR count). The van der Waals surface area contributed by atoms with Crippen molar-refractivity contribution in [3.8, 4) is 0 Å². The van der Waals surface area contributed by atoms with Crippen LogP contribution in [0.1, 0.15) is 49.0 Å². The lowest BCUT2D eigenvalue weighted by atomic mass is 9.95. The molecule has 1 aliphatic heterocycles. The first-order valence-electron chi connectivity index (χ1n) is 9.60. The van der Waals surface area contributed by atoms with Crippen molar-refractivity contribution < 1.29 is 4.79 Å². The van der Waals surface area contributed by atoms with Crippen LogP contribution >= 0.6 is 11.3 Å². The molecule has 1 amide bonds. The zero-order chi connectivity index (χ0) is 16.8. The second kappa shape index (κ2) is 6.24. The SMILES string of the molecule is O=C(NC1CC1)[C@@H]1CCCN(c2ncnc3sc4c(c23)CCCC4)C1. The third-order valence-electron chi connectivity index (χ3n) is 5.75. The number of carbonyl (C=O) groups is 1. The number of amides is 1. The molecule has 6 heteroatoms. The molecule has 2 fully saturated rings. The minimum atomic E-state index is 0.0915. The third kappa shape index (κ3) is 2.90. The Bertz CT molecular complexity index is 813. The summed E-state index contributed by atoms with van der Waals surface area (Å²) in [6, 6.07) is 0.442. The number of carbonyl (C=O) groups excluding carboxylic acids is 1. The van der Waals surface area contributed by atoms with Gasteiger partial charge in [0.1, 0.15) is 17.0 Å². The Hall–Kier alpha value is -1.69. The van der Waals surface area contributed by atoms with Gasteiger partial charge in [0.2, 0.25) is 5.91 Å². The van der Waals surface area contributed by atoms with Crippen LogP contribution in [0.4, 0.5) is 5.82 Å². The van der Waals surface area contributed by atoms with Crippen molar-refractivity contribution >= 4 is 33.3 Å². The molecule has 0 radical (unpaired) electrons. The average Bonchev–Trinajstić information content (AvgIpc) is 3.38. The summed E-state index contributed by atoms with van der Waals surface area (Å²) in [6.07, 6.45) is 10.9. The number of anilines is 1. The standard InChI is InChI=1S/C19H24N4OS/c24-18(22-13-7-8-13)12-4-3-9-23(10-12)17-16-14-5-1-2-6-15(14)25-19(16)21-11-20-17/h11-13H,1-10H2,(H,22,24)/t12-/m1/s1. The Morgan fingerprint density at radius 3 is 2.92 bits per heavy atom. The van der Waals surface area contributed by atoms with Crippen molar-refractivity contribution in [3.63, 3.8) is 0 Å². The number of piperidine rings is 1. The van der Waals surface area contributed by atoms with E-state index in [0.29, 0.717) is 6.04 Å². The summed E-state index contributed by atoms with van der Waals surface area (Å²) in [4.78, 5) is 26.7. The van der Waals surface area contributed by atoms with Gasteiger partial charge in [0.05, 0.1) is 11.3 Å². The van der Waals surface area contributed by atoms with Crippen LogP contribution in [0.2, 0.25) is 0 Å². The van der Waals surface area contributed by atoms with E-state index in [1.165, 1.54) is 35.1 Å². The fourth-order valence-electron chi connectivity index (χ4n) is 4.24. The average molecular weight is 356 g/mol. The molecule has 25 heavy (non-hydrogen) atoms. The van der Waals surface area contributed by atoms with E-state index >= 15 is 0 Å². The summed E-state index contributed by atoms with van der Waals surface area (Å²) in [5.74, 6) is 1.40. The van der Waals surface area contributed by atoms with Gasteiger partial charge in [-0.1, -0.05) is 0 Å². The number of fused-ring (bicyclic) bond motifs is 3. The largest absolute Gasteiger partial charge is 0.355 e. The number of hydrogen-bond donors (Lipinski definition) is 1. The predicted molar refractivity (Wildman–Crippen MR) is 100 cm³/mol. The molecule has 0 spiro atoms. The topological polar surface area (TPSA) is 58.1 Å². The van der Waals surface area contributed by atoms with Gasteiger partial charge < -0.3 is 10.2 Å². The summed E-state index contributed by atoms with van der Waals surface area (Å²) in [5, 5.41) is 4.45. The van der Waals surface area contributed by atoms with Crippen LogP contribution in [-0.4, -0.2) is 35.0 Å². The first kappa shape index (κ1) is 15.6. The van der Waals surface area contributed by atoms with Crippen molar-refractivity contribution in [1.82, 2.24) is 15.3 Å². The van der Waals surface area contributed by atoms with Gasteiger partial charge >= 0.3 is 0 Å². The van der Waals surface area contributed by atoms with Crippen LogP contribution < -0.4 is 10.2 Å². The predicted octanol–water partition coefficient (Wildman–Crippen LogP) is 3.07. The van der Waals surface area contributed by atoms with Crippen molar-refractivity contribution in [1.29, 1.82) is 0 Å². The second-order valence-corrected chi connectivity index (χ2v) is 8.74. The zero-order valence-corrected chi connectivity index (χ0v) is 15.3. The van der Waals surface area contributed by atoms with Crippen LogP contribution in [0.15, 0.2) is 6.33 Å². The number of thiophene rings is 1. The maximum atomic E-state index is 12.5. The highest BCUT2D eigenvalue weighted by Gasteiger charge is 2.32. The van der Waals surface area contributed by atoms with E-state index in [1.54, 1.807) is 6.33 Å². The molecule has 2 aromatic rings. The lowest BCUT2D eigenvalue weighted by Gasteiger charge is -2.33. The highest BCUT2D eigenvalue weighted by atomic mass is 32.1. The van der Waals surface area contributed by atoms with E-state index in [2.05, 4.69) is 20.2 Å². The molecule has 0 bridgehead atoms. The first-order chi connectivity index (χ1) is 12.3. The summed E-state index contributed by atoms with van der Waals surface area (Å²) in [6.45, 7) is 1.78. The zero-order valence-electron chi connectivity index (χ0n) is 14.5. The maximum Gasteiger partial charge on any atom is 0.225 e. The molecule has 2 aliphatic carbocycles. The number of rotatable bonds is 3. The normalized spacial score (nSPS) is 23.5. The fraction of sp³-hybridized carbons (Fsp3) is 0.632. The number of hydrogen-bond acceptors (Lipinski definition) is 5. The second-order valence-electron chi connectivity index (χ2n) is 7.66. The lowest BCUT2D eigenvalue weighted by Crippen LogP contribution is -2.44. The summed E-state index contributed by atoms with van der Waals surface area (Å²) >= 11 is 1.84. The smallest absolute Gasteiger partial charge is 0.225 e. The molecule has 132 valence electrons. The van der Waals surface area contributed by atoms with Gasteiger partial charge in [-0.05, 0) is 56.9 Å². The molecule has 0 aromatic carbocycles. The van der Waals surface area contributed by atoms with E-state index in [9.17, 15) is 4.79 Å². The summed E-state index contributed by atoms with van der Waals surface area (Å²) < 4.78 is 0. The van der Waals surface area contributed by atoms with E-state index in [1.807, 2.05) is 11.3 Å². The Morgan fingerprint density at radius 2 is 2.04 bits per heavy atom. The Labute approximate surface area is 151 Å². The summed E-state index contributed by atoms with van der Waals surface area (Å²) in [5.41, 5.74) is 1.48. The minimum Gasteiger partial charge on any atom is -0.355 e.